The monoisotopic (exact) mass is 302 g/mol. The van der Waals surface area contributed by atoms with E-state index in [1.165, 1.54) is 11.3 Å². The summed E-state index contributed by atoms with van der Waals surface area (Å²) in [6.07, 6.45) is 2.61. The van der Waals surface area contributed by atoms with Gasteiger partial charge in [-0.2, -0.15) is 0 Å². The summed E-state index contributed by atoms with van der Waals surface area (Å²) in [6, 6.07) is 3.27. The number of thiophene rings is 1. The molecule has 1 N–H and O–H groups in total. The zero-order valence-corrected chi connectivity index (χ0v) is 12.0. The summed E-state index contributed by atoms with van der Waals surface area (Å²) < 4.78 is 26.7. The van der Waals surface area contributed by atoms with E-state index in [1.54, 1.807) is 17.5 Å². The van der Waals surface area contributed by atoms with Gasteiger partial charge in [0.25, 0.3) is 0 Å². The Balaban J connectivity index is 1.83. The van der Waals surface area contributed by atoms with E-state index < -0.39 is 16.0 Å². The minimum atomic E-state index is -3.41. The van der Waals surface area contributed by atoms with E-state index in [9.17, 15) is 18.3 Å². The van der Waals surface area contributed by atoms with Crippen LogP contribution in [0.5, 0.6) is 0 Å². The molecule has 1 saturated carbocycles. The summed E-state index contributed by atoms with van der Waals surface area (Å²) in [7, 11) is -3.41. The normalized spacial score (nSPS) is 24.2. The van der Waals surface area contributed by atoms with Gasteiger partial charge >= 0.3 is 0 Å². The van der Waals surface area contributed by atoms with Gasteiger partial charge in [0.2, 0.25) is 10.0 Å². The van der Waals surface area contributed by atoms with Gasteiger partial charge < -0.3 is 9.90 Å². The van der Waals surface area contributed by atoms with Crippen molar-refractivity contribution in [2.75, 3.05) is 6.54 Å². The van der Waals surface area contributed by atoms with Crippen LogP contribution in [0.2, 0.25) is 0 Å². The lowest BCUT2D eigenvalue weighted by molar-refractivity contribution is -0.312. The molecule has 0 saturated heterocycles. The lowest BCUT2D eigenvalue weighted by Crippen LogP contribution is -2.36. The minimum absolute atomic E-state index is 0.213. The maximum atomic E-state index is 11.9. The number of carbonyl (C=O) groups is 1. The molecule has 1 aromatic rings. The van der Waals surface area contributed by atoms with E-state index in [2.05, 4.69) is 4.72 Å². The first-order valence-corrected chi connectivity index (χ1v) is 8.59. The van der Waals surface area contributed by atoms with Crippen molar-refractivity contribution >= 4 is 27.3 Å². The van der Waals surface area contributed by atoms with Crippen LogP contribution < -0.4 is 9.83 Å². The third-order valence-corrected chi connectivity index (χ3v) is 6.32. The first kappa shape index (κ1) is 14.5. The molecule has 1 fully saturated rings. The lowest BCUT2D eigenvalue weighted by Gasteiger charge is -2.28. The summed E-state index contributed by atoms with van der Waals surface area (Å²) in [5.74, 6) is -1.15. The van der Waals surface area contributed by atoms with Crippen molar-refractivity contribution in [3.63, 3.8) is 0 Å². The smallest absolute Gasteiger partial charge is 0.250 e. The SMILES string of the molecule is O=C([O-])C1CCC(CNS(=O)(=O)c2cccs2)CC1. The lowest BCUT2D eigenvalue weighted by atomic mass is 9.82. The maximum Gasteiger partial charge on any atom is 0.250 e. The van der Waals surface area contributed by atoms with Gasteiger partial charge in [-0.05, 0) is 49.0 Å². The van der Waals surface area contributed by atoms with E-state index in [1.807, 2.05) is 0 Å². The Bertz CT molecular complexity index is 516. The Morgan fingerprint density at radius 3 is 2.58 bits per heavy atom. The fourth-order valence-electron chi connectivity index (χ4n) is 2.32. The molecule has 1 aromatic heterocycles. The van der Waals surface area contributed by atoms with Gasteiger partial charge in [-0.15, -0.1) is 11.3 Å². The van der Waals surface area contributed by atoms with Crippen molar-refractivity contribution < 1.29 is 18.3 Å². The van der Waals surface area contributed by atoms with Crippen LogP contribution in [0.1, 0.15) is 25.7 Å². The molecule has 0 bridgehead atoms. The van der Waals surface area contributed by atoms with Gasteiger partial charge in [-0.1, -0.05) is 6.07 Å². The third-order valence-electron chi connectivity index (χ3n) is 3.50. The van der Waals surface area contributed by atoms with Crippen molar-refractivity contribution in [3.8, 4) is 0 Å². The van der Waals surface area contributed by atoms with Gasteiger partial charge in [0.1, 0.15) is 4.21 Å². The molecule has 2 rings (SSSR count). The van der Waals surface area contributed by atoms with Crippen LogP contribution in [0.3, 0.4) is 0 Å². The molecule has 0 aromatic carbocycles. The largest absolute Gasteiger partial charge is 0.550 e. The summed E-state index contributed by atoms with van der Waals surface area (Å²) in [4.78, 5) is 10.7. The van der Waals surface area contributed by atoms with Crippen LogP contribution >= 0.6 is 11.3 Å². The Hall–Kier alpha value is -0.920. The highest BCUT2D eigenvalue weighted by molar-refractivity contribution is 7.91. The molecule has 5 nitrogen and oxygen atoms in total. The second-order valence-corrected chi connectivity index (χ2v) is 7.76. The van der Waals surface area contributed by atoms with Crippen LogP contribution in [0.25, 0.3) is 0 Å². The highest BCUT2D eigenvalue weighted by Gasteiger charge is 2.23. The number of hydrogen-bond donors (Lipinski definition) is 1. The molecule has 0 atom stereocenters. The number of carbonyl (C=O) groups excluding carboxylic acids is 1. The summed E-state index contributed by atoms with van der Waals surface area (Å²) in [5.41, 5.74) is 0. The van der Waals surface area contributed by atoms with Gasteiger partial charge in [0.15, 0.2) is 0 Å². The minimum Gasteiger partial charge on any atom is -0.550 e. The van der Waals surface area contributed by atoms with Crippen molar-refractivity contribution in [3.05, 3.63) is 17.5 Å². The first-order chi connectivity index (χ1) is 8.99. The molecule has 1 heterocycles. The zero-order valence-electron chi connectivity index (χ0n) is 10.4. The van der Waals surface area contributed by atoms with Gasteiger partial charge in [0.05, 0.1) is 0 Å². The van der Waals surface area contributed by atoms with Gasteiger partial charge in [0, 0.05) is 12.5 Å². The van der Waals surface area contributed by atoms with E-state index in [0.29, 0.717) is 23.6 Å². The molecule has 0 radical (unpaired) electrons. The molecular weight excluding hydrogens is 286 g/mol. The fourth-order valence-corrected chi connectivity index (χ4v) is 4.47. The highest BCUT2D eigenvalue weighted by atomic mass is 32.2. The Morgan fingerprint density at radius 1 is 1.37 bits per heavy atom. The van der Waals surface area contributed by atoms with Gasteiger partial charge in [-0.25, -0.2) is 13.1 Å². The Labute approximate surface area is 116 Å². The molecule has 1 aliphatic rings. The molecule has 0 spiro atoms. The second-order valence-electron chi connectivity index (χ2n) is 4.82. The third kappa shape index (κ3) is 3.77. The number of nitrogens with one attached hydrogen (secondary N) is 1. The molecule has 1 aliphatic carbocycles. The van der Waals surface area contributed by atoms with Crippen LogP contribution in [0, 0.1) is 11.8 Å². The van der Waals surface area contributed by atoms with Crippen LogP contribution in [0.15, 0.2) is 21.7 Å². The average Bonchev–Trinajstić information content (AvgIpc) is 2.91. The number of aliphatic carboxylic acids is 1. The van der Waals surface area contributed by atoms with E-state index in [4.69, 9.17) is 0 Å². The number of rotatable bonds is 5. The molecule has 7 heteroatoms. The summed E-state index contributed by atoms with van der Waals surface area (Å²) >= 11 is 1.18. The molecule has 0 unspecified atom stereocenters. The number of carboxylic acids is 1. The Morgan fingerprint density at radius 2 is 2.05 bits per heavy atom. The zero-order chi connectivity index (χ0) is 13.9. The molecule has 19 heavy (non-hydrogen) atoms. The maximum absolute atomic E-state index is 11.9. The predicted octanol–water partition coefficient (Wildman–Crippen LogP) is 0.583. The van der Waals surface area contributed by atoms with E-state index in [-0.39, 0.29) is 11.8 Å². The highest BCUT2D eigenvalue weighted by Crippen LogP contribution is 2.28. The van der Waals surface area contributed by atoms with Crippen molar-refractivity contribution in [1.29, 1.82) is 0 Å². The van der Waals surface area contributed by atoms with Crippen LogP contribution in [0.4, 0.5) is 0 Å². The second kappa shape index (κ2) is 6.02. The molecule has 106 valence electrons. The number of carboxylic acid groups (broad SMARTS) is 1. The summed E-state index contributed by atoms with van der Waals surface area (Å²) in [5, 5.41) is 12.4. The van der Waals surface area contributed by atoms with E-state index in [0.717, 1.165) is 12.8 Å². The van der Waals surface area contributed by atoms with E-state index >= 15 is 0 Å². The topological polar surface area (TPSA) is 86.3 Å². The molecular formula is C12H16NO4S2-. The van der Waals surface area contributed by atoms with Crippen molar-refractivity contribution in [1.82, 2.24) is 4.72 Å². The molecule has 0 aliphatic heterocycles. The number of sulfonamides is 1. The van der Waals surface area contributed by atoms with Crippen LogP contribution in [-0.4, -0.2) is 20.9 Å². The molecule has 0 amide bonds. The Kier molecular flexibility index (Phi) is 4.59. The van der Waals surface area contributed by atoms with Crippen molar-refractivity contribution in [2.24, 2.45) is 11.8 Å². The predicted molar refractivity (Wildman–Crippen MR) is 70.0 cm³/mol. The van der Waals surface area contributed by atoms with Gasteiger partial charge in [-0.3, -0.25) is 0 Å². The first-order valence-electron chi connectivity index (χ1n) is 6.23. The van der Waals surface area contributed by atoms with Crippen molar-refractivity contribution in [2.45, 2.75) is 29.9 Å². The standard InChI is InChI=1S/C12H17NO4S2/c14-12(15)10-5-3-9(4-6-10)8-13-19(16,17)11-2-1-7-18-11/h1-2,7,9-10,13H,3-6,8H2,(H,14,15)/p-1. The number of hydrogen-bond acceptors (Lipinski definition) is 5. The van der Waals surface area contributed by atoms with Crippen LogP contribution in [-0.2, 0) is 14.8 Å². The fraction of sp³-hybridized carbons (Fsp3) is 0.583. The summed E-state index contributed by atoms with van der Waals surface area (Å²) in [6.45, 7) is 0.375. The average molecular weight is 302 g/mol. The quantitative estimate of drug-likeness (QED) is 0.862.